The van der Waals surface area contributed by atoms with E-state index in [0.717, 1.165) is 43.7 Å². The zero-order chi connectivity index (χ0) is 26.5. The number of fused-ring (bicyclic) bond motifs is 3. The Morgan fingerprint density at radius 3 is 2.53 bits per heavy atom. The number of hydrogen-bond acceptors (Lipinski definition) is 4. The number of methoxy groups -OCH3 is 1. The van der Waals surface area contributed by atoms with E-state index in [1.165, 1.54) is 86.5 Å². The summed E-state index contributed by atoms with van der Waals surface area (Å²) in [5.41, 5.74) is 5.35. The van der Waals surface area contributed by atoms with Crippen molar-refractivity contribution in [3.05, 3.63) is 35.5 Å². The van der Waals surface area contributed by atoms with E-state index in [1.54, 1.807) is 7.11 Å². The van der Waals surface area contributed by atoms with Crippen LogP contribution in [-0.4, -0.2) is 42.2 Å². The zero-order valence-electron chi connectivity index (χ0n) is 24.0. The largest absolute Gasteiger partial charge is 0.497 e. The van der Waals surface area contributed by atoms with Gasteiger partial charge in [-0.15, -0.1) is 0 Å². The molecule has 0 radical (unpaired) electrons. The van der Waals surface area contributed by atoms with Crippen molar-refractivity contribution in [2.24, 2.45) is 5.41 Å². The summed E-state index contributed by atoms with van der Waals surface area (Å²) in [4.78, 5) is 15.5. The van der Waals surface area contributed by atoms with Gasteiger partial charge < -0.3 is 14.0 Å². The Morgan fingerprint density at radius 2 is 1.79 bits per heavy atom. The molecule has 0 aliphatic carbocycles. The van der Waals surface area contributed by atoms with Crippen molar-refractivity contribution in [1.29, 1.82) is 0 Å². The van der Waals surface area contributed by atoms with Gasteiger partial charge in [0.15, 0.2) is 0 Å². The van der Waals surface area contributed by atoms with Crippen LogP contribution in [0, 0.1) is 5.41 Å². The average Bonchev–Trinajstić information content (AvgIpc) is 3.28. The van der Waals surface area contributed by atoms with E-state index in [0.29, 0.717) is 19.1 Å². The molecule has 3 aliphatic heterocycles. The highest BCUT2D eigenvalue weighted by atomic mass is 16.5. The van der Waals surface area contributed by atoms with Crippen molar-refractivity contribution in [1.82, 2.24) is 9.47 Å². The van der Waals surface area contributed by atoms with Crippen molar-refractivity contribution in [2.75, 3.05) is 26.8 Å². The molecule has 1 aromatic carbocycles. The predicted octanol–water partition coefficient (Wildman–Crippen LogP) is 8.06. The number of unbranched alkanes of at least 4 members (excludes halogenated alkanes) is 8. The number of nitrogens with zero attached hydrogens (tertiary/aromatic N) is 2. The molecule has 0 bridgehead atoms. The number of carbonyl (C=O) groups is 1. The number of carbonyl (C=O) groups excluding carboxylic acids is 1. The smallest absolute Gasteiger partial charge is 0.306 e. The molecular formula is C33H48N2O3. The van der Waals surface area contributed by atoms with Crippen LogP contribution >= 0.6 is 0 Å². The molecule has 4 heterocycles. The molecule has 0 N–H and O–H groups in total. The number of esters is 1. The third-order valence-corrected chi connectivity index (χ3v) is 9.49. The summed E-state index contributed by atoms with van der Waals surface area (Å²) in [6.07, 6.45) is 18.9. The van der Waals surface area contributed by atoms with Gasteiger partial charge in [0.05, 0.1) is 24.4 Å². The van der Waals surface area contributed by atoms with E-state index in [4.69, 9.17) is 9.47 Å². The lowest BCUT2D eigenvalue weighted by Gasteiger charge is -2.53. The Hall–Kier alpha value is -2.27. The molecule has 5 nitrogen and oxygen atoms in total. The Kier molecular flexibility index (Phi) is 8.82. The standard InChI is InChI=1S/C33H48N2O3/c1-4-6-7-8-9-10-11-12-13-15-30(36)38-24-25-23-33(5-2)19-14-20-34-21-18-28-27-17-16-26(37-3)22-29(27)35(25)31(28)32(33)34/h16-17,22-23,32H,4-15,18-21,24H2,1-3H3/t32-,33+/m1/s1. The minimum absolute atomic E-state index is 0.0605. The van der Waals surface area contributed by atoms with Gasteiger partial charge in [-0.25, -0.2) is 0 Å². The van der Waals surface area contributed by atoms with E-state index >= 15 is 0 Å². The summed E-state index contributed by atoms with van der Waals surface area (Å²) >= 11 is 0. The van der Waals surface area contributed by atoms with E-state index in [1.807, 2.05) is 0 Å². The fraction of sp³-hybridized carbons (Fsp3) is 0.667. The number of rotatable bonds is 14. The molecule has 1 fully saturated rings. The molecule has 0 amide bonds. The first-order chi connectivity index (χ1) is 18.6. The van der Waals surface area contributed by atoms with Crippen LogP contribution in [0.25, 0.3) is 16.6 Å². The second kappa shape index (κ2) is 12.3. The molecular weight excluding hydrogens is 472 g/mol. The second-order valence-corrected chi connectivity index (χ2v) is 11.8. The van der Waals surface area contributed by atoms with Crippen LogP contribution < -0.4 is 4.74 Å². The summed E-state index contributed by atoms with van der Waals surface area (Å²) in [6.45, 7) is 7.24. The van der Waals surface area contributed by atoms with Crippen molar-refractivity contribution in [3.63, 3.8) is 0 Å². The molecule has 1 saturated heterocycles. The molecule has 1 aromatic heterocycles. The summed E-state index contributed by atoms with van der Waals surface area (Å²) in [5, 5.41) is 1.32. The monoisotopic (exact) mass is 520 g/mol. The summed E-state index contributed by atoms with van der Waals surface area (Å²) in [7, 11) is 1.73. The normalized spacial score (nSPS) is 22.3. The number of aromatic nitrogens is 1. The van der Waals surface area contributed by atoms with Crippen molar-refractivity contribution in [2.45, 2.75) is 110 Å². The van der Waals surface area contributed by atoms with Crippen LogP contribution in [0.15, 0.2) is 24.3 Å². The first-order valence-corrected chi connectivity index (χ1v) is 15.4. The van der Waals surface area contributed by atoms with E-state index in [9.17, 15) is 4.79 Å². The SMILES string of the molecule is CCCCCCCCCCCC(=O)OCC1=C[C@]2(CC)CCCN3CCc4c(n1c1cc(OC)ccc41)[C@@H]32. The fourth-order valence-electron chi connectivity index (χ4n) is 7.46. The maximum atomic E-state index is 12.8. The van der Waals surface area contributed by atoms with Gasteiger partial charge in [-0.05, 0) is 56.3 Å². The first kappa shape index (κ1) is 27.3. The highest BCUT2D eigenvalue weighted by Crippen LogP contribution is 2.57. The molecule has 5 rings (SSSR count). The predicted molar refractivity (Wildman–Crippen MR) is 156 cm³/mol. The molecule has 0 spiro atoms. The summed E-state index contributed by atoms with van der Waals surface area (Å²) < 4.78 is 14.0. The van der Waals surface area contributed by atoms with Gasteiger partial charge in [0, 0.05) is 35.5 Å². The fourth-order valence-corrected chi connectivity index (χ4v) is 7.46. The van der Waals surface area contributed by atoms with Gasteiger partial charge in [0.1, 0.15) is 12.4 Å². The quantitative estimate of drug-likeness (QED) is 0.187. The van der Waals surface area contributed by atoms with Crippen LogP contribution in [0.1, 0.15) is 115 Å². The van der Waals surface area contributed by atoms with Crippen molar-refractivity contribution >= 4 is 22.6 Å². The van der Waals surface area contributed by atoms with E-state index < -0.39 is 0 Å². The van der Waals surface area contributed by atoms with Gasteiger partial charge in [0.25, 0.3) is 0 Å². The lowest BCUT2D eigenvalue weighted by molar-refractivity contribution is -0.142. The van der Waals surface area contributed by atoms with E-state index in [-0.39, 0.29) is 11.4 Å². The first-order valence-electron chi connectivity index (χ1n) is 15.4. The molecule has 2 atom stereocenters. The highest BCUT2D eigenvalue weighted by Gasteiger charge is 2.50. The highest BCUT2D eigenvalue weighted by molar-refractivity contribution is 5.91. The van der Waals surface area contributed by atoms with Crippen LogP contribution in [0.3, 0.4) is 0 Å². The Bertz CT molecular complexity index is 1150. The van der Waals surface area contributed by atoms with E-state index in [2.05, 4.69) is 47.6 Å². The third kappa shape index (κ3) is 5.28. The van der Waals surface area contributed by atoms with Crippen LogP contribution in [0.5, 0.6) is 5.75 Å². The van der Waals surface area contributed by atoms with Gasteiger partial charge >= 0.3 is 5.97 Å². The minimum Gasteiger partial charge on any atom is -0.497 e. The zero-order valence-corrected chi connectivity index (χ0v) is 24.0. The molecule has 3 aliphatic rings. The third-order valence-electron chi connectivity index (χ3n) is 9.49. The number of ether oxygens (including phenoxy) is 2. The van der Waals surface area contributed by atoms with Crippen LogP contribution in [0.4, 0.5) is 0 Å². The maximum Gasteiger partial charge on any atom is 0.306 e. The molecule has 38 heavy (non-hydrogen) atoms. The van der Waals surface area contributed by atoms with Crippen LogP contribution in [0.2, 0.25) is 0 Å². The Labute approximate surface area is 229 Å². The van der Waals surface area contributed by atoms with Crippen LogP contribution in [-0.2, 0) is 16.0 Å². The lowest BCUT2D eigenvalue weighted by atomic mass is 9.66. The number of hydrogen-bond donors (Lipinski definition) is 0. The average molecular weight is 521 g/mol. The Balaban J connectivity index is 1.29. The Morgan fingerprint density at radius 1 is 1.03 bits per heavy atom. The van der Waals surface area contributed by atoms with Gasteiger partial charge in [-0.2, -0.15) is 0 Å². The molecule has 2 aromatic rings. The number of piperidine rings is 1. The topological polar surface area (TPSA) is 43.7 Å². The second-order valence-electron chi connectivity index (χ2n) is 11.8. The van der Waals surface area contributed by atoms with Gasteiger partial charge in [-0.3, -0.25) is 9.69 Å². The number of benzene rings is 1. The minimum atomic E-state index is -0.0605. The molecule has 208 valence electrons. The van der Waals surface area contributed by atoms with Crippen molar-refractivity contribution < 1.29 is 14.3 Å². The maximum absolute atomic E-state index is 12.8. The van der Waals surface area contributed by atoms with Crippen molar-refractivity contribution in [3.8, 4) is 5.75 Å². The summed E-state index contributed by atoms with van der Waals surface area (Å²) in [5.74, 6) is 0.813. The molecule has 5 heteroatoms. The molecule has 0 unspecified atom stereocenters. The lowest BCUT2D eigenvalue weighted by Crippen LogP contribution is -2.50. The molecule has 0 saturated carbocycles. The van der Waals surface area contributed by atoms with Gasteiger partial charge in [0.2, 0.25) is 0 Å². The summed E-state index contributed by atoms with van der Waals surface area (Å²) in [6, 6.07) is 6.89. The van der Waals surface area contributed by atoms with Gasteiger partial charge in [-0.1, -0.05) is 71.3 Å².